The molecule has 0 atom stereocenters. The molecule has 15 heavy (non-hydrogen) atoms. The van der Waals surface area contributed by atoms with Crippen molar-refractivity contribution in [3.05, 3.63) is 20.8 Å². The lowest BCUT2D eigenvalue weighted by molar-refractivity contribution is -0.115. The Labute approximate surface area is 103 Å². The second-order valence-electron chi connectivity index (χ2n) is 4.51. The van der Waals surface area contributed by atoms with Crippen molar-refractivity contribution >= 4 is 33.6 Å². The Morgan fingerprint density at radius 3 is 2.73 bits per heavy atom. The molecule has 0 spiro atoms. The number of hydrogen-bond acceptors (Lipinski definition) is 3. The fourth-order valence-electron chi connectivity index (χ4n) is 1.49. The van der Waals surface area contributed by atoms with Gasteiger partial charge < -0.3 is 9.69 Å². The molecular formula is C11H16BrNOS. The summed E-state index contributed by atoms with van der Waals surface area (Å²) in [6, 6.07) is 2.12. The maximum atomic E-state index is 10.8. The van der Waals surface area contributed by atoms with Gasteiger partial charge in [0.2, 0.25) is 0 Å². The summed E-state index contributed by atoms with van der Waals surface area (Å²) in [6.45, 7) is 5.60. The number of carbonyl (C=O) groups excluding carboxylic acids is 1. The van der Waals surface area contributed by atoms with Crippen LogP contribution in [0.15, 0.2) is 15.9 Å². The molecule has 1 heterocycles. The normalized spacial score (nSPS) is 12.1. The first-order chi connectivity index (χ1) is 6.93. The van der Waals surface area contributed by atoms with Crippen molar-refractivity contribution in [1.82, 2.24) is 4.90 Å². The first kappa shape index (κ1) is 12.9. The van der Waals surface area contributed by atoms with Gasteiger partial charge in [-0.25, -0.2) is 0 Å². The van der Waals surface area contributed by atoms with Gasteiger partial charge in [-0.2, -0.15) is 0 Å². The molecular weight excluding hydrogens is 274 g/mol. The zero-order valence-electron chi connectivity index (χ0n) is 9.29. The highest BCUT2D eigenvalue weighted by Crippen LogP contribution is 2.22. The van der Waals surface area contributed by atoms with Gasteiger partial charge in [0, 0.05) is 33.2 Å². The molecule has 1 rings (SSSR count). The fraction of sp³-hybridized carbons (Fsp3) is 0.545. The van der Waals surface area contributed by atoms with E-state index in [1.165, 1.54) is 4.88 Å². The fourth-order valence-corrected chi connectivity index (χ4v) is 3.02. The smallest absolute Gasteiger partial charge is 0.126 e. The third kappa shape index (κ3) is 4.45. The summed E-state index contributed by atoms with van der Waals surface area (Å²) in [4.78, 5) is 14.3. The largest absolute Gasteiger partial charge is 0.303 e. The molecule has 0 fully saturated rings. The van der Waals surface area contributed by atoms with Gasteiger partial charge in [-0.1, -0.05) is 13.8 Å². The van der Waals surface area contributed by atoms with Crippen LogP contribution in [-0.4, -0.2) is 24.8 Å². The van der Waals surface area contributed by atoms with Crippen molar-refractivity contribution in [3.8, 4) is 0 Å². The zero-order chi connectivity index (χ0) is 11.5. The lowest BCUT2D eigenvalue weighted by Crippen LogP contribution is -2.31. The summed E-state index contributed by atoms with van der Waals surface area (Å²) in [6.07, 6.45) is 1.02. The molecule has 0 unspecified atom stereocenters. The number of nitrogens with zero attached hydrogens (tertiary/aromatic N) is 1. The number of hydrogen-bond donors (Lipinski definition) is 0. The topological polar surface area (TPSA) is 20.3 Å². The molecule has 0 N–H and O–H groups in total. The van der Waals surface area contributed by atoms with Gasteiger partial charge in [0.05, 0.1) is 0 Å². The van der Waals surface area contributed by atoms with E-state index in [0.29, 0.717) is 0 Å². The molecule has 84 valence electrons. The van der Waals surface area contributed by atoms with E-state index < -0.39 is 0 Å². The zero-order valence-corrected chi connectivity index (χ0v) is 11.7. The minimum atomic E-state index is -0.261. The van der Waals surface area contributed by atoms with Crippen LogP contribution in [0.4, 0.5) is 0 Å². The molecule has 0 radical (unpaired) electrons. The summed E-state index contributed by atoms with van der Waals surface area (Å²) in [5.74, 6) is 0. The van der Waals surface area contributed by atoms with E-state index in [1.54, 1.807) is 11.3 Å². The highest BCUT2D eigenvalue weighted by molar-refractivity contribution is 9.10. The van der Waals surface area contributed by atoms with Gasteiger partial charge in [0.25, 0.3) is 0 Å². The molecule has 0 bridgehead atoms. The average Bonchev–Trinajstić information content (AvgIpc) is 2.50. The van der Waals surface area contributed by atoms with E-state index >= 15 is 0 Å². The number of carbonyl (C=O) groups is 1. The Morgan fingerprint density at radius 2 is 2.27 bits per heavy atom. The predicted octanol–water partition coefficient (Wildman–Crippen LogP) is 3.17. The lowest BCUT2D eigenvalue weighted by atomic mass is 9.95. The van der Waals surface area contributed by atoms with Gasteiger partial charge in [-0.05, 0) is 29.0 Å². The van der Waals surface area contributed by atoms with Gasteiger partial charge in [0.1, 0.15) is 6.29 Å². The van der Waals surface area contributed by atoms with Crippen molar-refractivity contribution in [2.24, 2.45) is 5.41 Å². The van der Waals surface area contributed by atoms with Crippen LogP contribution in [0.25, 0.3) is 0 Å². The third-order valence-electron chi connectivity index (χ3n) is 2.04. The average molecular weight is 290 g/mol. The van der Waals surface area contributed by atoms with Crippen LogP contribution in [0, 0.1) is 5.41 Å². The third-order valence-corrected chi connectivity index (χ3v) is 3.73. The summed E-state index contributed by atoms with van der Waals surface area (Å²) < 4.78 is 1.13. The predicted molar refractivity (Wildman–Crippen MR) is 68.2 cm³/mol. The highest BCUT2D eigenvalue weighted by atomic mass is 79.9. The van der Waals surface area contributed by atoms with E-state index in [2.05, 4.69) is 32.3 Å². The Morgan fingerprint density at radius 1 is 1.60 bits per heavy atom. The lowest BCUT2D eigenvalue weighted by Gasteiger charge is -2.24. The van der Waals surface area contributed by atoms with Gasteiger partial charge in [-0.15, -0.1) is 11.3 Å². The molecule has 0 saturated heterocycles. The Bertz CT molecular complexity index is 335. The summed E-state index contributed by atoms with van der Waals surface area (Å²) in [5, 5.41) is 2.08. The number of thiophene rings is 1. The van der Waals surface area contributed by atoms with Crippen molar-refractivity contribution < 1.29 is 4.79 Å². The first-order valence-corrected chi connectivity index (χ1v) is 6.48. The van der Waals surface area contributed by atoms with Crippen LogP contribution in [0.2, 0.25) is 0 Å². The molecule has 0 aliphatic carbocycles. The quantitative estimate of drug-likeness (QED) is 0.776. The van der Waals surface area contributed by atoms with Crippen LogP contribution >= 0.6 is 27.3 Å². The molecule has 1 aromatic heterocycles. The van der Waals surface area contributed by atoms with E-state index in [9.17, 15) is 4.79 Å². The standard InChI is InChI=1S/C11H16BrNOS/c1-11(2,8-14)7-13(3)5-10-4-9(12)6-15-10/h4,6,8H,5,7H2,1-3H3. The summed E-state index contributed by atoms with van der Waals surface area (Å²) in [7, 11) is 2.04. The number of rotatable bonds is 5. The van der Waals surface area contributed by atoms with Gasteiger partial charge >= 0.3 is 0 Å². The second-order valence-corrected chi connectivity index (χ2v) is 6.42. The molecule has 0 aliphatic rings. The van der Waals surface area contributed by atoms with E-state index in [1.807, 2.05) is 20.9 Å². The minimum absolute atomic E-state index is 0.261. The Hall–Kier alpha value is -0.190. The molecule has 0 aromatic carbocycles. The van der Waals surface area contributed by atoms with Crippen molar-refractivity contribution in [1.29, 1.82) is 0 Å². The SMILES string of the molecule is CN(Cc1cc(Br)cs1)CC(C)(C)C=O. The summed E-state index contributed by atoms with van der Waals surface area (Å²) in [5.41, 5.74) is -0.261. The first-order valence-electron chi connectivity index (χ1n) is 4.81. The molecule has 0 amide bonds. The van der Waals surface area contributed by atoms with Gasteiger partial charge in [-0.3, -0.25) is 0 Å². The van der Waals surface area contributed by atoms with Crippen LogP contribution < -0.4 is 0 Å². The molecule has 0 saturated carbocycles. The molecule has 1 aromatic rings. The van der Waals surface area contributed by atoms with Crippen molar-refractivity contribution in [2.75, 3.05) is 13.6 Å². The van der Waals surface area contributed by atoms with Gasteiger partial charge in [0.15, 0.2) is 0 Å². The molecule has 0 aliphatic heterocycles. The van der Waals surface area contributed by atoms with E-state index in [4.69, 9.17) is 0 Å². The van der Waals surface area contributed by atoms with Crippen LogP contribution in [-0.2, 0) is 11.3 Å². The van der Waals surface area contributed by atoms with Crippen molar-refractivity contribution in [3.63, 3.8) is 0 Å². The Kier molecular flexibility index (Phi) is 4.49. The maximum absolute atomic E-state index is 10.8. The van der Waals surface area contributed by atoms with Crippen LogP contribution in [0.5, 0.6) is 0 Å². The minimum Gasteiger partial charge on any atom is -0.303 e. The maximum Gasteiger partial charge on any atom is 0.126 e. The molecule has 2 nitrogen and oxygen atoms in total. The van der Waals surface area contributed by atoms with Crippen LogP contribution in [0.1, 0.15) is 18.7 Å². The highest BCUT2D eigenvalue weighted by Gasteiger charge is 2.19. The van der Waals surface area contributed by atoms with Crippen molar-refractivity contribution in [2.45, 2.75) is 20.4 Å². The Balaban J connectivity index is 2.49. The second kappa shape index (κ2) is 5.23. The van der Waals surface area contributed by atoms with E-state index in [0.717, 1.165) is 23.8 Å². The van der Waals surface area contributed by atoms with Crippen LogP contribution in [0.3, 0.4) is 0 Å². The summed E-state index contributed by atoms with van der Waals surface area (Å²) >= 11 is 5.17. The van der Waals surface area contributed by atoms with E-state index in [-0.39, 0.29) is 5.41 Å². The monoisotopic (exact) mass is 289 g/mol. The molecule has 4 heteroatoms. The number of aldehydes is 1. The number of halogens is 1.